The predicted molar refractivity (Wildman–Crippen MR) is 98.7 cm³/mol. The summed E-state index contributed by atoms with van der Waals surface area (Å²) in [5.74, 6) is -1.26. The van der Waals surface area contributed by atoms with E-state index in [4.69, 9.17) is 0 Å². The van der Waals surface area contributed by atoms with Crippen LogP contribution in [-0.2, 0) is 9.59 Å². The molecule has 1 N–H and O–H groups in total. The number of carbonyl (C=O) groups excluding carboxylic acids is 3. The number of para-hydroxylation sites is 2. The second-order valence-electron chi connectivity index (χ2n) is 5.11. The normalized spacial score (nSPS) is 15.5. The summed E-state index contributed by atoms with van der Waals surface area (Å²) < 4.78 is 0. The van der Waals surface area contributed by atoms with Crippen LogP contribution in [0.2, 0.25) is 0 Å². The monoisotopic (exact) mass is 389 g/mol. The van der Waals surface area contributed by atoms with Crippen molar-refractivity contribution in [3.8, 4) is 0 Å². The first-order chi connectivity index (χ1) is 12.5. The minimum absolute atomic E-state index is 0.00333. The Hall–Kier alpha value is -2.98. The van der Waals surface area contributed by atoms with Crippen LogP contribution in [0.4, 0.5) is 16.2 Å². The fraction of sp³-hybridized carbons (Fsp3) is 0.0625. The van der Waals surface area contributed by atoms with Crippen LogP contribution in [0.15, 0.2) is 46.7 Å². The molecule has 8 nitrogen and oxygen atoms in total. The largest absolute Gasteiger partial charge is 0.319 e. The molecular weight excluding hydrogens is 378 g/mol. The van der Waals surface area contributed by atoms with E-state index in [1.54, 1.807) is 12.1 Å². The highest BCUT2D eigenvalue weighted by Crippen LogP contribution is 2.33. The third-order valence-corrected chi connectivity index (χ3v) is 5.09. The summed E-state index contributed by atoms with van der Waals surface area (Å²) in [4.78, 5) is 48.7. The van der Waals surface area contributed by atoms with Crippen molar-refractivity contribution in [2.75, 3.05) is 11.9 Å². The number of anilines is 1. The van der Waals surface area contributed by atoms with Crippen molar-refractivity contribution in [2.24, 2.45) is 0 Å². The summed E-state index contributed by atoms with van der Waals surface area (Å²) in [5, 5.41) is 14.6. The van der Waals surface area contributed by atoms with Gasteiger partial charge >= 0.3 is 0 Å². The van der Waals surface area contributed by atoms with Crippen LogP contribution < -0.4 is 5.32 Å². The van der Waals surface area contributed by atoms with Gasteiger partial charge in [0.2, 0.25) is 5.91 Å². The number of rotatable bonds is 5. The van der Waals surface area contributed by atoms with Gasteiger partial charge in [-0.05, 0) is 35.4 Å². The zero-order chi connectivity index (χ0) is 18.7. The molecule has 1 aliphatic rings. The lowest BCUT2D eigenvalue weighted by molar-refractivity contribution is -0.383. The van der Waals surface area contributed by atoms with Crippen molar-refractivity contribution >= 4 is 57.6 Å². The lowest BCUT2D eigenvalue weighted by atomic mass is 10.2. The molecule has 1 aliphatic heterocycles. The summed E-state index contributed by atoms with van der Waals surface area (Å²) in [6.45, 7) is -0.515. The number of thioether (sulfide) groups is 1. The van der Waals surface area contributed by atoms with E-state index >= 15 is 0 Å². The van der Waals surface area contributed by atoms with Gasteiger partial charge in [0.05, 0.1) is 9.83 Å². The maximum Gasteiger partial charge on any atom is 0.294 e. The van der Waals surface area contributed by atoms with Crippen LogP contribution in [0.1, 0.15) is 4.88 Å². The first-order valence-electron chi connectivity index (χ1n) is 7.28. The fourth-order valence-corrected chi connectivity index (χ4v) is 3.77. The van der Waals surface area contributed by atoms with Gasteiger partial charge in [-0.25, -0.2) is 0 Å². The molecule has 0 aliphatic carbocycles. The SMILES string of the molecule is O=C(CN1C(=O)S/C(=C\c2cccs2)C1=O)Nc1ccccc1[N+](=O)[O-]. The molecule has 3 amide bonds. The average molecular weight is 389 g/mol. The summed E-state index contributed by atoms with van der Waals surface area (Å²) >= 11 is 2.17. The Morgan fingerprint density at radius 1 is 1.23 bits per heavy atom. The maximum absolute atomic E-state index is 12.3. The van der Waals surface area contributed by atoms with Gasteiger partial charge in [0.1, 0.15) is 12.2 Å². The standard InChI is InChI=1S/C16H11N3O5S2/c20-14(17-11-5-1-2-6-12(11)19(23)24)9-18-15(21)13(26-16(18)22)8-10-4-3-7-25-10/h1-8H,9H2,(H,17,20)/b13-8-. The third kappa shape index (κ3) is 3.81. The lowest BCUT2D eigenvalue weighted by Crippen LogP contribution is -2.36. The smallest absolute Gasteiger partial charge is 0.294 e. The number of hydrogen-bond donors (Lipinski definition) is 1. The number of amides is 3. The van der Waals surface area contributed by atoms with Crippen molar-refractivity contribution in [1.82, 2.24) is 4.90 Å². The zero-order valence-corrected chi connectivity index (χ0v) is 14.7. The molecule has 0 unspecified atom stereocenters. The number of nitro groups is 1. The lowest BCUT2D eigenvalue weighted by Gasteiger charge is -2.12. The van der Waals surface area contributed by atoms with E-state index in [0.29, 0.717) is 0 Å². The van der Waals surface area contributed by atoms with Crippen LogP contribution in [0.25, 0.3) is 6.08 Å². The maximum atomic E-state index is 12.3. The van der Waals surface area contributed by atoms with E-state index in [0.717, 1.165) is 21.5 Å². The molecule has 1 saturated heterocycles. The molecule has 10 heteroatoms. The van der Waals surface area contributed by atoms with Crippen LogP contribution in [-0.4, -0.2) is 33.4 Å². The van der Waals surface area contributed by atoms with Crippen molar-refractivity contribution in [3.05, 3.63) is 61.7 Å². The Bertz CT molecular complexity index is 924. The third-order valence-electron chi connectivity index (χ3n) is 3.37. The number of nitrogens with zero attached hydrogens (tertiary/aromatic N) is 2. The summed E-state index contributed by atoms with van der Waals surface area (Å²) in [5.41, 5.74) is -0.267. The van der Waals surface area contributed by atoms with Crippen molar-refractivity contribution in [3.63, 3.8) is 0 Å². The van der Waals surface area contributed by atoms with Crippen molar-refractivity contribution in [2.45, 2.75) is 0 Å². The number of hydrogen-bond acceptors (Lipinski definition) is 7. The van der Waals surface area contributed by atoms with Crippen molar-refractivity contribution < 1.29 is 19.3 Å². The van der Waals surface area contributed by atoms with Gasteiger partial charge in [0.15, 0.2) is 0 Å². The molecule has 1 aromatic heterocycles. The Labute approximate surface area is 155 Å². The Balaban J connectivity index is 1.71. The van der Waals surface area contributed by atoms with E-state index in [9.17, 15) is 24.5 Å². The summed E-state index contributed by atoms with van der Waals surface area (Å²) in [6, 6.07) is 9.26. The number of benzene rings is 1. The van der Waals surface area contributed by atoms with Crippen LogP contribution in [0, 0.1) is 10.1 Å². The average Bonchev–Trinajstić information content (AvgIpc) is 3.19. The van der Waals surface area contributed by atoms with Gasteiger partial charge in [0.25, 0.3) is 16.8 Å². The molecule has 0 spiro atoms. The van der Waals surface area contributed by atoms with Gasteiger partial charge in [0, 0.05) is 10.9 Å². The predicted octanol–water partition coefficient (Wildman–Crippen LogP) is 3.33. The van der Waals surface area contributed by atoms with Gasteiger partial charge in [-0.15, -0.1) is 11.3 Å². The fourth-order valence-electron chi connectivity index (χ4n) is 2.21. The Morgan fingerprint density at radius 3 is 2.69 bits per heavy atom. The summed E-state index contributed by atoms with van der Waals surface area (Å²) in [6.07, 6.45) is 1.59. The van der Waals surface area contributed by atoms with Gasteiger partial charge in [-0.3, -0.25) is 29.4 Å². The van der Waals surface area contributed by atoms with Gasteiger partial charge in [-0.1, -0.05) is 18.2 Å². The molecular formula is C16H11N3O5S2. The van der Waals surface area contributed by atoms with Gasteiger partial charge < -0.3 is 5.32 Å². The second kappa shape index (κ2) is 7.50. The second-order valence-corrected chi connectivity index (χ2v) is 7.08. The number of carbonyl (C=O) groups is 3. The number of nitrogens with one attached hydrogen (secondary N) is 1. The van der Waals surface area contributed by atoms with E-state index in [1.807, 2.05) is 11.4 Å². The molecule has 2 heterocycles. The Kier molecular flexibility index (Phi) is 5.14. The molecule has 26 heavy (non-hydrogen) atoms. The molecule has 0 atom stereocenters. The minimum atomic E-state index is -0.695. The quantitative estimate of drug-likeness (QED) is 0.477. The topological polar surface area (TPSA) is 110 Å². The highest BCUT2D eigenvalue weighted by atomic mass is 32.2. The van der Waals surface area contributed by atoms with E-state index < -0.39 is 28.5 Å². The molecule has 1 aromatic carbocycles. The number of imide groups is 1. The van der Waals surface area contributed by atoms with Gasteiger partial charge in [-0.2, -0.15) is 0 Å². The molecule has 3 rings (SSSR count). The Morgan fingerprint density at radius 2 is 2.00 bits per heavy atom. The van der Waals surface area contributed by atoms with E-state index in [1.165, 1.54) is 35.6 Å². The van der Waals surface area contributed by atoms with Crippen LogP contribution >= 0.6 is 23.1 Å². The molecule has 0 saturated carbocycles. The van der Waals surface area contributed by atoms with E-state index in [2.05, 4.69) is 5.32 Å². The first-order valence-corrected chi connectivity index (χ1v) is 8.97. The molecule has 1 fully saturated rings. The molecule has 2 aromatic rings. The van der Waals surface area contributed by atoms with Crippen LogP contribution in [0.5, 0.6) is 0 Å². The van der Waals surface area contributed by atoms with Crippen LogP contribution in [0.3, 0.4) is 0 Å². The summed E-state index contributed by atoms with van der Waals surface area (Å²) in [7, 11) is 0. The minimum Gasteiger partial charge on any atom is -0.319 e. The van der Waals surface area contributed by atoms with Crippen molar-refractivity contribution in [1.29, 1.82) is 0 Å². The molecule has 0 bridgehead atoms. The number of thiophene rings is 1. The molecule has 0 radical (unpaired) electrons. The number of nitro benzene ring substituents is 1. The van der Waals surface area contributed by atoms with E-state index in [-0.39, 0.29) is 16.3 Å². The first kappa shape index (κ1) is 17.8. The zero-order valence-electron chi connectivity index (χ0n) is 13.1. The highest BCUT2D eigenvalue weighted by molar-refractivity contribution is 8.18. The molecule has 132 valence electrons. The highest BCUT2D eigenvalue weighted by Gasteiger charge is 2.36.